The van der Waals surface area contributed by atoms with Crippen LogP contribution in [0.5, 0.6) is 0 Å². The van der Waals surface area contributed by atoms with E-state index in [2.05, 4.69) is 15.6 Å². The first-order valence-corrected chi connectivity index (χ1v) is 8.36. The van der Waals surface area contributed by atoms with Gasteiger partial charge in [-0.3, -0.25) is 9.59 Å². The molecule has 0 aliphatic heterocycles. The number of aromatic nitrogens is 3. The smallest absolute Gasteiger partial charge is 0.331 e. The maximum absolute atomic E-state index is 12.4. The number of carbonyl (C=O) groups is 2. The molecule has 1 N–H and O–H groups in total. The van der Waals surface area contributed by atoms with E-state index in [4.69, 9.17) is 4.74 Å². The van der Waals surface area contributed by atoms with Gasteiger partial charge in [-0.25, -0.2) is 9.48 Å². The highest BCUT2D eigenvalue weighted by atomic mass is 16.5. The molecule has 0 atom stereocenters. The second-order valence-electron chi connectivity index (χ2n) is 6.13. The molecule has 1 amide bonds. The Hall–Kier alpha value is -2.77. The summed E-state index contributed by atoms with van der Waals surface area (Å²) in [6, 6.07) is 6.81. The number of hydrogen-bond donors (Lipinski definition) is 1. The molecule has 25 heavy (non-hydrogen) atoms. The molecular formula is C17H20N4O4. The summed E-state index contributed by atoms with van der Waals surface area (Å²) in [6.45, 7) is 1.69. The molecule has 0 unspecified atom stereocenters. The van der Waals surface area contributed by atoms with E-state index in [0.29, 0.717) is 23.7 Å². The van der Waals surface area contributed by atoms with Crippen molar-refractivity contribution in [2.75, 3.05) is 6.61 Å². The number of benzene rings is 1. The van der Waals surface area contributed by atoms with E-state index in [-0.39, 0.29) is 13.2 Å². The minimum Gasteiger partial charge on any atom is -0.464 e. The molecule has 1 aromatic carbocycles. The zero-order valence-electron chi connectivity index (χ0n) is 14.0. The summed E-state index contributed by atoms with van der Waals surface area (Å²) >= 11 is 0. The number of nitrogens with zero attached hydrogens (tertiary/aromatic N) is 3. The van der Waals surface area contributed by atoms with Crippen molar-refractivity contribution < 1.29 is 14.3 Å². The molecule has 8 heteroatoms. The molecule has 0 saturated heterocycles. The Morgan fingerprint density at radius 1 is 1.28 bits per heavy atom. The normalized spacial score (nSPS) is 15.9. The maximum Gasteiger partial charge on any atom is 0.331 e. The van der Waals surface area contributed by atoms with Gasteiger partial charge in [0.25, 0.3) is 5.56 Å². The van der Waals surface area contributed by atoms with Crippen molar-refractivity contribution in [2.45, 2.75) is 44.7 Å². The van der Waals surface area contributed by atoms with E-state index >= 15 is 0 Å². The first kappa shape index (κ1) is 17.1. The minimum absolute atomic E-state index is 0.256. The summed E-state index contributed by atoms with van der Waals surface area (Å²) in [5, 5.41) is 10.9. The van der Waals surface area contributed by atoms with Crippen LogP contribution in [-0.2, 0) is 20.9 Å². The van der Waals surface area contributed by atoms with Gasteiger partial charge in [-0.15, -0.1) is 5.10 Å². The lowest BCUT2D eigenvalue weighted by molar-refractivity contribution is -0.153. The van der Waals surface area contributed by atoms with Gasteiger partial charge in [-0.05, 0) is 31.9 Å². The summed E-state index contributed by atoms with van der Waals surface area (Å²) in [4.78, 5) is 37.1. The summed E-state index contributed by atoms with van der Waals surface area (Å²) in [5.74, 6) is -0.876. The van der Waals surface area contributed by atoms with Gasteiger partial charge in [-0.2, -0.15) is 0 Å². The van der Waals surface area contributed by atoms with Crippen LogP contribution in [0.15, 0.2) is 29.1 Å². The highest BCUT2D eigenvalue weighted by molar-refractivity contribution is 5.88. The highest BCUT2D eigenvalue weighted by Crippen LogP contribution is 2.31. The van der Waals surface area contributed by atoms with Crippen LogP contribution in [0.1, 0.15) is 32.6 Å². The van der Waals surface area contributed by atoms with Crippen molar-refractivity contribution in [3.63, 3.8) is 0 Å². The van der Waals surface area contributed by atoms with Crippen LogP contribution < -0.4 is 10.9 Å². The fourth-order valence-electron chi connectivity index (χ4n) is 3.20. The predicted molar refractivity (Wildman–Crippen MR) is 89.8 cm³/mol. The largest absolute Gasteiger partial charge is 0.464 e. The Morgan fingerprint density at radius 2 is 2.00 bits per heavy atom. The SMILES string of the molecule is CCOC(=O)C1(NC(=O)Cn2nnc3ccccc3c2=O)CCCC1. The van der Waals surface area contributed by atoms with Gasteiger partial charge in [-0.1, -0.05) is 30.2 Å². The van der Waals surface area contributed by atoms with Crippen LogP contribution >= 0.6 is 0 Å². The first-order valence-electron chi connectivity index (χ1n) is 8.36. The van der Waals surface area contributed by atoms with Crippen LogP contribution in [0.25, 0.3) is 10.9 Å². The molecule has 8 nitrogen and oxygen atoms in total. The van der Waals surface area contributed by atoms with Gasteiger partial charge in [0, 0.05) is 0 Å². The Labute approximate surface area is 144 Å². The third-order valence-corrected chi connectivity index (χ3v) is 4.42. The van der Waals surface area contributed by atoms with Crippen LogP contribution in [0, 0.1) is 0 Å². The molecule has 3 rings (SSSR count). The third-order valence-electron chi connectivity index (χ3n) is 4.42. The molecule has 1 saturated carbocycles. The van der Waals surface area contributed by atoms with Crippen LogP contribution in [-0.4, -0.2) is 39.0 Å². The van der Waals surface area contributed by atoms with Crippen LogP contribution in [0.2, 0.25) is 0 Å². The van der Waals surface area contributed by atoms with Gasteiger partial charge in [0.2, 0.25) is 5.91 Å². The maximum atomic E-state index is 12.4. The van der Waals surface area contributed by atoms with E-state index < -0.39 is 23.0 Å². The van der Waals surface area contributed by atoms with E-state index in [0.717, 1.165) is 17.5 Å². The van der Waals surface area contributed by atoms with Gasteiger partial charge >= 0.3 is 5.97 Å². The van der Waals surface area contributed by atoms with Gasteiger partial charge in [0.1, 0.15) is 17.6 Å². The Bertz CT molecular complexity index is 855. The Balaban J connectivity index is 1.79. The third kappa shape index (κ3) is 3.38. The molecule has 1 aromatic heterocycles. The molecule has 1 heterocycles. The summed E-state index contributed by atoms with van der Waals surface area (Å²) in [7, 11) is 0. The molecule has 0 spiro atoms. The predicted octanol–water partition coefficient (Wildman–Crippen LogP) is 0.784. The number of rotatable bonds is 5. The van der Waals surface area contributed by atoms with Gasteiger partial charge < -0.3 is 10.1 Å². The van der Waals surface area contributed by atoms with Crippen molar-refractivity contribution in [1.82, 2.24) is 20.3 Å². The van der Waals surface area contributed by atoms with Crippen LogP contribution in [0.4, 0.5) is 0 Å². The quantitative estimate of drug-likeness (QED) is 0.804. The Kier molecular flexibility index (Phi) is 4.78. The summed E-state index contributed by atoms with van der Waals surface area (Å²) < 4.78 is 6.12. The molecule has 132 valence electrons. The second kappa shape index (κ2) is 7.00. The number of esters is 1. The molecule has 1 aliphatic carbocycles. The molecule has 1 aliphatic rings. The van der Waals surface area contributed by atoms with Crippen molar-refractivity contribution in [2.24, 2.45) is 0 Å². The van der Waals surface area contributed by atoms with Gasteiger partial charge in [0.15, 0.2) is 0 Å². The van der Waals surface area contributed by atoms with E-state index in [1.807, 2.05) is 0 Å². The highest BCUT2D eigenvalue weighted by Gasteiger charge is 2.43. The van der Waals surface area contributed by atoms with E-state index in [1.165, 1.54) is 0 Å². The summed E-state index contributed by atoms with van der Waals surface area (Å²) in [6.07, 6.45) is 2.76. The van der Waals surface area contributed by atoms with Crippen molar-refractivity contribution in [1.29, 1.82) is 0 Å². The first-order chi connectivity index (χ1) is 12.1. The molecule has 0 radical (unpaired) electrons. The van der Waals surface area contributed by atoms with Crippen molar-refractivity contribution >= 4 is 22.8 Å². The zero-order chi connectivity index (χ0) is 17.9. The average Bonchev–Trinajstić information content (AvgIpc) is 3.07. The molecule has 0 bridgehead atoms. The minimum atomic E-state index is -0.999. The lowest BCUT2D eigenvalue weighted by atomic mass is 9.97. The average molecular weight is 344 g/mol. The standard InChI is InChI=1S/C17H20N4O4/c1-2-25-16(24)17(9-5-6-10-17)18-14(22)11-21-15(23)12-7-3-4-8-13(12)19-20-21/h3-4,7-8H,2,5-6,9-11H2,1H3,(H,18,22). The van der Waals surface area contributed by atoms with Crippen LogP contribution in [0.3, 0.4) is 0 Å². The monoisotopic (exact) mass is 344 g/mol. The fraction of sp³-hybridized carbons (Fsp3) is 0.471. The number of ether oxygens (including phenoxy) is 1. The Morgan fingerprint density at radius 3 is 2.72 bits per heavy atom. The van der Waals surface area contributed by atoms with Crippen molar-refractivity contribution in [3.05, 3.63) is 34.6 Å². The fourth-order valence-corrected chi connectivity index (χ4v) is 3.20. The van der Waals surface area contributed by atoms with Gasteiger partial charge in [0.05, 0.1) is 12.0 Å². The molecule has 1 fully saturated rings. The number of nitrogens with one attached hydrogen (secondary N) is 1. The number of hydrogen-bond acceptors (Lipinski definition) is 6. The van der Waals surface area contributed by atoms with E-state index in [9.17, 15) is 14.4 Å². The zero-order valence-corrected chi connectivity index (χ0v) is 14.0. The molecule has 2 aromatic rings. The second-order valence-corrected chi connectivity index (χ2v) is 6.13. The summed E-state index contributed by atoms with van der Waals surface area (Å²) in [5.41, 5.74) is -0.915. The van der Waals surface area contributed by atoms with Crippen molar-refractivity contribution in [3.8, 4) is 0 Å². The number of carbonyl (C=O) groups excluding carboxylic acids is 2. The molecular weight excluding hydrogens is 324 g/mol. The topological polar surface area (TPSA) is 103 Å². The lowest BCUT2D eigenvalue weighted by Gasteiger charge is -2.27. The lowest BCUT2D eigenvalue weighted by Crippen LogP contribution is -2.54. The number of amides is 1. The van der Waals surface area contributed by atoms with E-state index in [1.54, 1.807) is 31.2 Å². The number of fused-ring (bicyclic) bond motifs is 1.